The molecule has 0 aromatic heterocycles. The number of likely N-dealkylation sites (N-methyl/N-ethyl adjacent to an activating group) is 1. The molecular formula is C4H11CaN3O2. The molecule has 0 saturated carbocycles. The number of rotatable bonds is 2. The van der Waals surface area contributed by atoms with Crippen LogP contribution < -0.4 is 5.73 Å². The van der Waals surface area contributed by atoms with E-state index >= 15 is 0 Å². The van der Waals surface area contributed by atoms with Crippen molar-refractivity contribution in [2.24, 2.45) is 5.73 Å². The Balaban J connectivity index is -0.000000107. The first kappa shape index (κ1) is 12.7. The van der Waals surface area contributed by atoms with Gasteiger partial charge in [-0.2, -0.15) is 0 Å². The molecule has 0 rings (SSSR count). The largest absolute Gasteiger partial charge is 2.00 e. The van der Waals surface area contributed by atoms with E-state index in [1.54, 1.807) is 0 Å². The van der Waals surface area contributed by atoms with Crippen molar-refractivity contribution in [1.29, 1.82) is 5.41 Å². The summed E-state index contributed by atoms with van der Waals surface area (Å²) in [6.45, 7) is -0.227. The van der Waals surface area contributed by atoms with Gasteiger partial charge in [-0.05, 0) is 0 Å². The van der Waals surface area contributed by atoms with Gasteiger partial charge in [-0.25, -0.2) is 0 Å². The first-order valence-electron chi connectivity index (χ1n) is 2.31. The quantitative estimate of drug-likeness (QED) is 0.276. The SMILES string of the molecule is CN(CC(=O)O)C(=N)N.[Ca+2].[H-].[H-]. The second-order valence-electron chi connectivity index (χ2n) is 1.64. The first-order chi connectivity index (χ1) is 4.04. The van der Waals surface area contributed by atoms with Gasteiger partial charge in [-0.15, -0.1) is 0 Å². The first-order valence-corrected chi connectivity index (χ1v) is 2.31. The smallest absolute Gasteiger partial charge is 1.00 e. The van der Waals surface area contributed by atoms with Crippen molar-refractivity contribution in [2.45, 2.75) is 0 Å². The Kier molecular flexibility index (Phi) is 7.29. The second kappa shape index (κ2) is 5.76. The monoisotopic (exact) mass is 173 g/mol. The minimum atomic E-state index is -0.993. The predicted molar refractivity (Wildman–Crippen MR) is 40.2 cm³/mol. The summed E-state index contributed by atoms with van der Waals surface area (Å²) < 4.78 is 0. The molecule has 56 valence electrons. The molecule has 5 nitrogen and oxygen atoms in total. The number of carboxylic acids is 1. The molecule has 0 spiro atoms. The zero-order valence-electron chi connectivity index (χ0n) is 7.79. The third kappa shape index (κ3) is 6.12. The molecule has 0 aliphatic rings. The summed E-state index contributed by atoms with van der Waals surface area (Å²) in [5.41, 5.74) is 4.93. The Hall–Kier alpha value is -0.000260. The van der Waals surface area contributed by atoms with Crippen LogP contribution in [-0.2, 0) is 4.79 Å². The Labute approximate surface area is 91.7 Å². The second-order valence-corrected chi connectivity index (χ2v) is 1.64. The summed E-state index contributed by atoms with van der Waals surface area (Å²) in [6.07, 6.45) is 0. The van der Waals surface area contributed by atoms with Crippen molar-refractivity contribution in [3.8, 4) is 0 Å². The molecule has 0 fully saturated rings. The Bertz CT molecular complexity index is 146. The number of nitrogens with two attached hydrogens (primary N) is 1. The molecule has 10 heavy (non-hydrogen) atoms. The van der Waals surface area contributed by atoms with Gasteiger partial charge >= 0.3 is 43.7 Å². The molecule has 0 aliphatic heterocycles. The maximum atomic E-state index is 9.92. The van der Waals surface area contributed by atoms with Gasteiger partial charge in [0.15, 0.2) is 5.96 Å². The van der Waals surface area contributed by atoms with E-state index in [1.165, 1.54) is 7.05 Å². The van der Waals surface area contributed by atoms with Crippen LogP contribution in [0.4, 0.5) is 0 Å². The van der Waals surface area contributed by atoms with E-state index in [-0.39, 0.29) is 53.1 Å². The molecule has 0 aromatic rings. The summed E-state index contributed by atoms with van der Waals surface area (Å²) in [7, 11) is 1.44. The molecule has 0 heterocycles. The molecule has 0 radical (unpaired) electrons. The number of nitrogens with one attached hydrogen (secondary N) is 1. The van der Waals surface area contributed by atoms with E-state index in [0.717, 1.165) is 4.90 Å². The maximum Gasteiger partial charge on any atom is 2.00 e. The van der Waals surface area contributed by atoms with Gasteiger partial charge in [0, 0.05) is 7.05 Å². The van der Waals surface area contributed by atoms with Crippen LogP contribution in [0, 0.1) is 5.41 Å². The summed E-state index contributed by atoms with van der Waals surface area (Å²) in [5, 5.41) is 14.9. The van der Waals surface area contributed by atoms with Crippen molar-refractivity contribution >= 4 is 49.7 Å². The van der Waals surface area contributed by atoms with Crippen LogP contribution in [0.2, 0.25) is 0 Å². The van der Waals surface area contributed by atoms with Gasteiger partial charge in [0.1, 0.15) is 6.54 Å². The van der Waals surface area contributed by atoms with E-state index in [4.69, 9.17) is 16.2 Å². The van der Waals surface area contributed by atoms with Crippen molar-refractivity contribution in [3.63, 3.8) is 0 Å². The average Bonchev–Trinajstić information content (AvgIpc) is 1.63. The van der Waals surface area contributed by atoms with Gasteiger partial charge in [0.25, 0.3) is 0 Å². The molecule has 4 N–H and O–H groups in total. The Morgan fingerprint density at radius 2 is 2.30 bits per heavy atom. The van der Waals surface area contributed by atoms with E-state index in [0.29, 0.717) is 0 Å². The van der Waals surface area contributed by atoms with Gasteiger partial charge < -0.3 is 18.6 Å². The van der Waals surface area contributed by atoms with Crippen LogP contribution in [0.25, 0.3) is 0 Å². The third-order valence-corrected chi connectivity index (χ3v) is 0.784. The molecule has 6 heteroatoms. The van der Waals surface area contributed by atoms with Crippen molar-refractivity contribution < 1.29 is 12.8 Å². The van der Waals surface area contributed by atoms with E-state index in [9.17, 15) is 4.79 Å². The zero-order chi connectivity index (χ0) is 7.44. The number of guanidine groups is 1. The standard InChI is InChI=1S/C4H9N3O2.Ca.2H/c1-7(4(5)6)2-3(8)9;;;/h2H2,1H3,(H3,5,6)(H,8,9);;;/q;+2;2*-1. The number of carboxylic acid groups (broad SMARTS) is 1. The summed E-state index contributed by atoms with van der Waals surface area (Å²) in [4.78, 5) is 11.0. The number of nitrogens with zero attached hydrogens (tertiary/aromatic N) is 1. The van der Waals surface area contributed by atoms with Gasteiger partial charge in [-0.3, -0.25) is 10.2 Å². The van der Waals surface area contributed by atoms with Crippen LogP contribution in [-0.4, -0.2) is 73.3 Å². The zero-order valence-corrected chi connectivity index (χ0v) is 8.00. The van der Waals surface area contributed by atoms with E-state index in [1.807, 2.05) is 0 Å². The number of carbonyl (C=O) groups is 1. The van der Waals surface area contributed by atoms with Crippen molar-refractivity contribution in [3.05, 3.63) is 0 Å². The molecule has 0 amide bonds. The molecule has 0 unspecified atom stereocenters. The van der Waals surface area contributed by atoms with Gasteiger partial charge in [0.05, 0.1) is 0 Å². The summed E-state index contributed by atoms with van der Waals surface area (Å²) in [5.74, 6) is -1.23. The number of hydrogen-bond acceptors (Lipinski definition) is 2. The molecule has 0 aliphatic carbocycles. The minimum absolute atomic E-state index is 0. The Morgan fingerprint density at radius 3 is 2.40 bits per heavy atom. The van der Waals surface area contributed by atoms with Gasteiger partial charge in [-0.1, -0.05) is 0 Å². The minimum Gasteiger partial charge on any atom is -1.00 e. The van der Waals surface area contributed by atoms with Crippen LogP contribution in [0.15, 0.2) is 0 Å². The summed E-state index contributed by atoms with van der Waals surface area (Å²) in [6, 6.07) is 0. The van der Waals surface area contributed by atoms with Crippen molar-refractivity contribution in [1.82, 2.24) is 4.90 Å². The van der Waals surface area contributed by atoms with E-state index in [2.05, 4.69) is 0 Å². The Morgan fingerprint density at radius 1 is 1.90 bits per heavy atom. The predicted octanol–water partition coefficient (Wildman–Crippen LogP) is -1.26. The van der Waals surface area contributed by atoms with Crippen LogP contribution in [0.1, 0.15) is 2.85 Å². The van der Waals surface area contributed by atoms with Crippen LogP contribution in [0.5, 0.6) is 0 Å². The fourth-order valence-corrected chi connectivity index (χ4v) is 0.288. The normalized spacial score (nSPS) is 7.70. The molecule has 0 aromatic carbocycles. The summed E-state index contributed by atoms with van der Waals surface area (Å²) >= 11 is 0. The molecule has 0 saturated heterocycles. The topological polar surface area (TPSA) is 90.4 Å². The van der Waals surface area contributed by atoms with Gasteiger partial charge in [0.2, 0.25) is 0 Å². The number of aliphatic carboxylic acids is 1. The van der Waals surface area contributed by atoms with Crippen LogP contribution in [0.3, 0.4) is 0 Å². The average molecular weight is 173 g/mol. The van der Waals surface area contributed by atoms with E-state index < -0.39 is 5.97 Å². The van der Waals surface area contributed by atoms with Crippen molar-refractivity contribution in [2.75, 3.05) is 13.6 Å². The molecule has 0 atom stereocenters. The maximum absolute atomic E-state index is 9.92. The number of hydrogen-bond donors (Lipinski definition) is 3. The molecular weight excluding hydrogens is 162 g/mol. The fourth-order valence-electron chi connectivity index (χ4n) is 0.288. The third-order valence-electron chi connectivity index (χ3n) is 0.784. The van der Waals surface area contributed by atoms with Crippen LogP contribution >= 0.6 is 0 Å². The molecule has 0 bridgehead atoms. The fraction of sp³-hybridized carbons (Fsp3) is 0.500.